The van der Waals surface area contributed by atoms with Crippen LogP contribution in [-0.4, -0.2) is 19.0 Å². The zero-order valence-corrected chi connectivity index (χ0v) is 19.4. The second-order valence-electron chi connectivity index (χ2n) is 8.14. The zero-order valence-electron chi connectivity index (χ0n) is 19.4. The number of hydrogen-bond acceptors (Lipinski definition) is 4. The second kappa shape index (κ2) is 9.31. The third-order valence-electron chi connectivity index (χ3n) is 5.95. The van der Waals surface area contributed by atoms with E-state index in [1.54, 1.807) is 17.9 Å². The quantitative estimate of drug-likeness (QED) is 0.251. The van der Waals surface area contributed by atoms with Crippen LogP contribution in [0.15, 0.2) is 114 Å². The molecule has 0 unspecified atom stereocenters. The molecule has 4 aromatic rings. The van der Waals surface area contributed by atoms with Crippen molar-refractivity contribution in [1.29, 1.82) is 0 Å². The van der Waals surface area contributed by atoms with Crippen molar-refractivity contribution in [2.75, 3.05) is 12.0 Å². The Morgan fingerprint density at radius 3 is 2.31 bits per heavy atom. The molecular weight excluding hydrogens is 438 g/mol. The summed E-state index contributed by atoms with van der Waals surface area (Å²) in [4.78, 5) is 28.1. The molecule has 172 valence electrons. The van der Waals surface area contributed by atoms with Crippen molar-refractivity contribution >= 4 is 34.4 Å². The summed E-state index contributed by atoms with van der Waals surface area (Å²) < 4.78 is 11.0. The number of esters is 1. The molecule has 0 saturated heterocycles. The first-order chi connectivity index (χ1) is 17.1. The number of allylic oxidation sites excluding steroid dienone is 1. The summed E-state index contributed by atoms with van der Waals surface area (Å²) >= 11 is 0. The van der Waals surface area contributed by atoms with E-state index >= 15 is 0 Å². The molecule has 0 radical (unpaired) electrons. The van der Waals surface area contributed by atoms with Crippen molar-refractivity contribution in [3.8, 4) is 11.5 Å². The van der Waals surface area contributed by atoms with E-state index < -0.39 is 5.97 Å². The SMILES string of the molecule is COC(=O)C1=C(C)N(c2cccc3ccccc23)C(=O)C1=Cc1cccc(Oc2ccccc2)c1. The molecule has 1 aliphatic heterocycles. The standard InChI is InChI=1S/C30H23NO4/c1-20-28(30(33)34-2)26(19-21-10-8-15-24(18-21)35-23-13-4-3-5-14-23)29(32)31(20)27-17-9-12-22-11-6-7-16-25(22)27/h3-19H,1-2H3. The highest BCUT2D eigenvalue weighted by Gasteiger charge is 2.38. The molecule has 0 aromatic heterocycles. The first kappa shape index (κ1) is 22.2. The number of rotatable bonds is 5. The van der Waals surface area contributed by atoms with E-state index in [1.807, 2.05) is 97.1 Å². The van der Waals surface area contributed by atoms with Crippen LogP contribution in [0.2, 0.25) is 0 Å². The number of hydrogen-bond donors (Lipinski definition) is 0. The number of carbonyl (C=O) groups is 2. The molecule has 5 heteroatoms. The molecule has 4 aromatic carbocycles. The van der Waals surface area contributed by atoms with Gasteiger partial charge in [-0.3, -0.25) is 9.69 Å². The minimum Gasteiger partial charge on any atom is -0.465 e. The Labute approximate surface area is 203 Å². The van der Waals surface area contributed by atoms with Gasteiger partial charge in [-0.2, -0.15) is 0 Å². The molecule has 5 nitrogen and oxygen atoms in total. The number of ether oxygens (including phenoxy) is 2. The van der Waals surface area contributed by atoms with Gasteiger partial charge in [-0.05, 0) is 54.3 Å². The summed E-state index contributed by atoms with van der Waals surface area (Å²) in [6.07, 6.45) is 1.71. The van der Waals surface area contributed by atoms with Gasteiger partial charge >= 0.3 is 5.97 Å². The summed E-state index contributed by atoms with van der Waals surface area (Å²) in [5.41, 5.74) is 2.51. The van der Waals surface area contributed by atoms with E-state index in [9.17, 15) is 9.59 Å². The highest BCUT2D eigenvalue weighted by atomic mass is 16.5. The van der Waals surface area contributed by atoms with E-state index in [4.69, 9.17) is 9.47 Å². The molecule has 0 saturated carbocycles. The predicted octanol–water partition coefficient (Wildman–Crippen LogP) is 6.51. The van der Waals surface area contributed by atoms with Gasteiger partial charge in [0.25, 0.3) is 5.91 Å². The number of para-hydroxylation sites is 1. The molecule has 0 N–H and O–H groups in total. The lowest BCUT2D eigenvalue weighted by atomic mass is 10.0. The average molecular weight is 462 g/mol. The maximum Gasteiger partial charge on any atom is 0.340 e. The van der Waals surface area contributed by atoms with Crippen LogP contribution >= 0.6 is 0 Å². The Morgan fingerprint density at radius 2 is 1.51 bits per heavy atom. The monoisotopic (exact) mass is 461 g/mol. The van der Waals surface area contributed by atoms with Gasteiger partial charge in [0.2, 0.25) is 0 Å². The predicted molar refractivity (Wildman–Crippen MR) is 137 cm³/mol. The van der Waals surface area contributed by atoms with E-state index in [1.165, 1.54) is 7.11 Å². The fourth-order valence-corrected chi connectivity index (χ4v) is 4.33. The number of nitrogens with zero attached hydrogens (tertiary/aromatic N) is 1. The van der Waals surface area contributed by atoms with Crippen LogP contribution in [0.25, 0.3) is 16.8 Å². The number of fused-ring (bicyclic) bond motifs is 1. The minimum absolute atomic E-state index is 0.250. The molecule has 0 bridgehead atoms. The van der Waals surface area contributed by atoms with Gasteiger partial charge in [-0.1, -0.05) is 66.7 Å². The Bertz CT molecular complexity index is 1500. The third-order valence-corrected chi connectivity index (χ3v) is 5.95. The molecule has 1 amide bonds. The topological polar surface area (TPSA) is 55.8 Å². The summed E-state index contributed by atoms with van der Waals surface area (Å²) in [7, 11) is 1.32. The minimum atomic E-state index is -0.554. The summed E-state index contributed by atoms with van der Waals surface area (Å²) in [6, 6.07) is 30.5. The first-order valence-corrected chi connectivity index (χ1v) is 11.2. The Hall–Kier alpha value is -4.64. The Kier molecular flexibility index (Phi) is 5.90. The highest BCUT2D eigenvalue weighted by molar-refractivity contribution is 6.25. The van der Waals surface area contributed by atoms with Gasteiger partial charge in [0.05, 0.1) is 23.9 Å². The van der Waals surface area contributed by atoms with Crippen LogP contribution < -0.4 is 9.64 Å². The smallest absolute Gasteiger partial charge is 0.340 e. The average Bonchev–Trinajstić information content (AvgIpc) is 3.13. The first-order valence-electron chi connectivity index (χ1n) is 11.2. The number of methoxy groups -OCH3 is 1. The molecule has 0 spiro atoms. The Balaban J connectivity index is 1.58. The van der Waals surface area contributed by atoms with Gasteiger partial charge in [-0.25, -0.2) is 4.79 Å². The van der Waals surface area contributed by atoms with E-state index in [-0.39, 0.29) is 17.1 Å². The third kappa shape index (κ3) is 4.20. The molecule has 5 rings (SSSR count). The van der Waals surface area contributed by atoms with Crippen LogP contribution in [0.4, 0.5) is 5.69 Å². The molecule has 35 heavy (non-hydrogen) atoms. The van der Waals surface area contributed by atoms with Crippen LogP contribution in [0.5, 0.6) is 11.5 Å². The number of amides is 1. The molecular formula is C30H23NO4. The molecule has 1 heterocycles. The lowest BCUT2D eigenvalue weighted by Crippen LogP contribution is -2.24. The maximum atomic E-state index is 13.7. The van der Waals surface area contributed by atoms with Gasteiger partial charge in [-0.15, -0.1) is 0 Å². The maximum absolute atomic E-state index is 13.7. The summed E-state index contributed by atoms with van der Waals surface area (Å²) in [5.74, 6) is 0.500. The molecule has 0 fully saturated rings. The Morgan fingerprint density at radius 1 is 0.829 bits per heavy atom. The van der Waals surface area contributed by atoms with Crippen LogP contribution in [0.1, 0.15) is 12.5 Å². The van der Waals surface area contributed by atoms with Crippen molar-refractivity contribution in [1.82, 2.24) is 0 Å². The zero-order chi connectivity index (χ0) is 24.4. The van der Waals surface area contributed by atoms with Gasteiger partial charge in [0.1, 0.15) is 11.5 Å². The molecule has 0 atom stereocenters. The van der Waals surface area contributed by atoms with E-state index in [2.05, 4.69) is 0 Å². The van der Waals surface area contributed by atoms with Crippen molar-refractivity contribution in [3.63, 3.8) is 0 Å². The fourth-order valence-electron chi connectivity index (χ4n) is 4.33. The summed E-state index contributed by atoms with van der Waals surface area (Å²) in [5, 5.41) is 1.93. The van der Waals surface area contributed by atoms with E-state index in [0.717, 1.165) is 22.0 Å². The lowest BCUT2D eigenvalue weighted by Gasteiger charge is -2.20. The largest absolute Gasteiger partial charge is 0.465 e. The van der Waals surface area contributed by atoms with Gasteiger partial charge in [0.15, 0.2) is 0 Å². The van der Waals surface area contributed by atoms with Crippen molar-refractivity contribution in [2.45, 2.75) is 6.92 Å². The van der Waals surface area contributed by atoms with Crippen molar-refractivity contribution in [3.05, 3.63) is 119 Å². The normalized spacial score (nSPS) is 14.6. The highest BCUT2D eigenvalue weighted by Crippen LogP contribution is 2.38. The molecule has 0 aliphatic carbocycles. The van der Waals surface area contributed by atoms with Crippen LogP contribution in [0, 0.1) is 0 Å². The molecule has 1 aliphatic rings. The van der Waals surface area contributed by atoms with Gasteiger partial charge in [0, 0.05) is 11.1 Å². The lowest BCUT2D eigenvalue weighted by molar-refractivity contribution is -0.136. The number of anilines is 1. The van der Waals surface area contributed by atoms with Crippen molar-refractivity contribution < 1.29 is 19.1 Å². The van der Waals surface area contributed by atoms with Crippen LogP contribution in [-0.2, 0) is 14.3 Å². The van der Waals surface area contributed by atoms with E-state index in [0.29, 0.717) is 17.2 Å². The van der Waals surface area contributed by atoms with Gasteiger partial charge < -0.3 is 9.47 Å². The second-order valence-corrected chi connectivity index (χ2v) is 8.14. The summed E-state index contributed by atoms with van der Waals surface area (Å²) in [6.45, 7) is 1.77. The number of benzene rings is 4. The van der Waals surface area contributed by atoms with Crippen LogP contribution in [0.3, 0.4) is 0 Å². The fraction of sp³-hybridized carbons (Fsp3) is 0.0667. The number of carbonyl (C=O) groups excluding carboxylic acids is 2. The van der Waals surface area contributed by atoms with Crippen molar-refractivity contribution in [2.24, 2.45) is 0 Å².